The van der Waals surface area contributed by atoms with Crippen LogP contribution < -0.4 is 5.46 Å². The minimum atomic E-state index is -1.06. The van der Waals surface area contributed by atoms with Crippen molar-refractivity contribution in [3.8, 4) is 0 Å². The molecule has 7 heteroatoms. The maximum atomic E-state index is 11.4. The van der Waals surface area contributed by atoms with E-state index in [2.05, 4.69) is 5.10 Å². The normalized spacial score (nSPS) is 22.2. The number of hydrogen-bond donors (Lipinski definition) is 1. The van der Waals surface area contributed by atoms with E-state index in [0.29, 0.717) is 11.4 Å². The number of rotatable bonds is 2. The van der Waals surface area contributed by atoms with Crippen LogP contribution in [0.4, 0.5) is 4.79 Å². The molecule has 126 valence electrons. The molecule has 0 bridgehead atoms. The molecular formula is C17H21BN2O4. The Morgan fingerprint density at radius 2 is 1.88 bits per heavy atom. The third kappa shape index (κ3) is 2.26. The molecule has 0 amide bonds. The second kappa shape index (κ2) is 4.83. The van der Waals surface area contributed by atoms with E-state index in [9.17, 15) is 9.90 Å². The molecule has 0 spiro atoms. The fourth-order valence-corrected chi connectivity index (χ4v) is 3.09. The Morgan fingerprint density at radius 1 is 1.25 bits per heavy atom. The number of nitrogens with zero attached hydrogens (tertiary/aromatic N) is 2. The van der Waals surface area contributed by atoms with Gasteiger partial charge in [0.15, 0.2) is 0 Å². The van der Waals surface area contributed by atoms with Gasteiger partial charge in [-0.05, 0) is 52.1 Å². The van der Waals surface area contributed by atoms with Crippen LogP contribution in [0.25, 0.3) is 10.9 Å². The molecule has 0 unspecified atom stereocenters. The van der Waals surface area contributed by atoms with E-state index in [1.165, 1.54) is 0 Å². The van der Waals surface area contributed by atoms with Gasteiger partial charge in [0.1, 0.15) is 0 Å². The number of benzene rings is 1. The van der Waals surface area contributed by atoms with Crippen molar-refractivity contribution in [2.75, 3.05) is 0 Å². The average Bonchev–Trinajstić information content (AvgIpc) is 3.21. The molecule has 1 aliphatic carbocycles. The van der Waals surface area contributed by atoms with Gasteiger partial charge in [0.25, 0.3) is 0 Å². The maximum absolute atomic E-state index is 11.4. The number of aromatic nitrogens is 2. The number of fused-ring (bicyclic) bond motifs is 1. The topological polar surface area (TPSA) is 73.6 Å². The monoisotopic (exact) mass is 328 g/mol. The van der Waals surface area contributed by atoms with Crippen LogP contribution in [-0.2, 0) is 9.31 Å². The first-order chi connectivity index (χ1) is 11.2. The molecule has 2 aliphatic rings. The lowest BCUT2D eigenvalue weighted by Gasteiger charge is -2.32. The van der Waals surface area contributed by atoms with Gasteiger partial charge in [0, 0.05) is 11.3 Å². The number of hydrogen-bond acceptors (Lipinski definition) is 4. The van der Waals surface area contributed by atoms with Crippen LogP contribution in [0.3, 0.4) is 0 Å². The second-order valence-electron chi connectivity index (χ2n) is 7.72. The molecule has 1 aromatic heterocycles. The van der Waals surface area contributed by atoms with Crippen LogP contribution in [0.5, 0.6) is 0 Å². The highest BCUT2D eigenvalue weighted by atomic mass is 16.7. The molecule has 1 aliphatic heterocycles. The molecule has 2 aromatic rings. The van der Waals surface area contributed by atoms with Gasteiger partial charge in [0.05, 0.1) is 22.4 Å². The summed E-state index contributed by atoms with van der Waals surface area (Å²) in [6.07, 6.45) is 1.06. The summed E-state index contributed by atoms with van der Waals surface area (Å²) in [5.41, 5.74) is 1.57. The van der Waals surface area contributed by atoms with Crippen LogP contribution in [-0.4, -0.2) is 39.3 Å². The van der Waals surface area contributed by atoms with Crippen molar-refractivity contribution in [1.29, 1.82) is 0 Å². The van der Waals surface area contributed by atoms with Crippen molar-refractivity contribution < 1.29 is 19.2 Å². The van der Waals surface area contributed by atoms with E-state index >= 15 is 0 Å². The lowest BCUT2D eigenvalue weighted by atomic mass is 9.78. The van der Waals surface area contributed by atoms with E-state index in [0.717, 1.165) is 34.1 Å². The molecule has 2 heterocycles. The molecule has 6 nitrogen and oxygen atoms in total. The zero-order chi connectivity index (χ0) is 17.3. The van der Waals surface area contributed by atoms with Gasteiger partial charge in [0.2, 0.25) is 0 Å². The quantitative estimate of drug-likeness (QED) is 0.858. The molecule has 1 saturated carbocycles. The highest BCUT2D eigenvalue weighted by molar-refractivity contribution is 6.62. The average molecular weight is 328 g/mol. The van der Waals surface area contributed by atoms with Crippen LogP contribution >= 0.6 is 0 Å². The van der Waals surface area contributed by atoms with E-state index in [4.69, 9.17) is 9.31 Å². The van der Waals surface area contributed by atoms with Crippen molar-refractivity contribution in [3.05, 3.63) is 23.9 Å². The summed E-state index contributed by atoms with van der Waals surface area (Å²) in [6.45, 7) is 8.07. The first kappa shape index (κ1) is 15.7. The molecular weight excluding hydrogens is 307 g/mol. The van der Waals surface area contributed by atoms with Crippen LogP contribution in [0.2, 0.25) is 0 Å². The SMILES string of the molecule is CC1(C)OB(c2ccc3c(c2)c(C2CC2)nn3C(=O)O)OC1(C)C. The molecule has 2 fully saturated rings. The fraction of sp³-hybridized carbons (Fsp3) is 0.529. The summed E-state index contributed by atoms with van der Waals surface area (Å²) >= 11 is 0. The van der Waals surface area contributed by atoms with E-state index in [1.807, 2.05) is 39.8 Å². The predicted octanol–water partition coefficient (Wildman–Crippen LogP) is 2.74. The van der Waals surface area contributed by atoms with Gasteiger partial charge >= 0.3 is 13.2 Å². The van der Waals surface area contributed by atoms with Crippen molar-refractivity contribution in [2.45, 2.75) is 57.7 Å². The molecule has 24 heavy (non-hydrogen) atoms. The second-order valence-corrected chi connectivity index (χ2v) is 7.72. The number of carboxylic acid groups (broad SMARTS) is 1. The van der Waals surface area contributed by atoms with Crippen molar-refractivity contribution >= 4 is 29.6 Å². The third-order valence-corrected chi connectivity index (χ3v) is 5.40. The predicted molar refractivity (Wildman–Crippen MR) is 90.8 cm³/mol. The lowest BCUT2D eigenvalue weighted by molar-refractivity contribution is 0.00578. The van der Waals surface area contributed by atoms with E-state index < -0.39 is 24.4 Å². The van der Waals surface area contributed by atoms with Crippen molar-refractivity contribution in [3.63, 3.8) is 0 Å². The minimum absolute atomic E-state index is 0.363. The standard InChI is InChI=1S/C17H21BN2O4/c1-16(2)17(3,4)24-18(23-16)11-7-8-13-12(9-11)14(10-5-6-10)19-20(13)15(21)22/h7-10H,5-6H2,1-4H3,(H,21,22). The third-order valence-electron chi connectivity index (χ3n) is 5.40. The molecule has 4 rings (SSSR count). The Hall–Kier alpha value is -1.86. The summed E-state index contributed by atoms with van der Waals surface area (Å²) in [7, 11) is -0.459. The summed E-state index contributed by atoms with van der Waals surface area (Å²) in [4.78, 5) is 11.4. The van der Waals surface area contributed by atoms with Gasteiger partial charge in [-0.2, -0.15) is 9.78 Å². The van der Waals surface area contributed by atoms with Crippen molar-refractivity contribution in [2.24, 2.45) is 0 Å². The molecule has 1 N–H and O–H groups in total. The first-order valence-corrected chi connectivity index (χ1v) is 8.31. The Bertz CT molecular complexity index is 822. The van der Waals surface area contributed by atoms with Crippen LogP contribution in [0, 0.1) is 0 Å². The van der Waals surface area contributed by atoms with Crippen molar-refractivity contribution in [1.82, 2.24) is 9.78 Å². The van der Waals surface area contributed by atoms with Gasteiger partial charge < -0.3 is 14.4 Å². The fourth-order valence-electron chi connectivity index (χ4n) is 3.09. The van der Waals surface area contributed by atoms with E-state index in [1.54, 1.807) is 6.07 Å². The lowest BCUT2D eigenvalue weighted by Crippen LogP contribution is -2.41. The Labute approximate surface area is 140 Å². The highest BCUT2D eigenvalue weighted by Gasteiger charge is 2.51. The highest BCUT2D eigenvalue weighted by Crippen LogP contribution is 2.42. The summed E-state index contributed by atoms with van der Waals surface area (Å²) in [6, 6.07) is 5.63. The zero-order valence-electron chi connectivity index (χ0n) is 14.4. The molecule has 1 aromatic carbocycles. The Balaban J connectivity index is 1.79. The van der Waals surface area contributed by atoms with Crippen LogP contribution in [0.15, 0.2) is 18.2 Å². The Kier molecular flexibility index (Phi) is 3.15. The van der Waals surface area contributed by atoms with Gasteiger partial charge in [-0.3, -0.25) is 0 Å². The van der Waals surface area contributed by atoms with Gasteiger partial charge in [-0.25, -0.2) is 4.79 Å². The number of carbonyl (C=O) groups is 1. The largest absolute Gasteiger partial charge is 0.494 e. The van der Waals surface area contributed by atoms with E-state index in [-0.39, 0.29) is 0 Å². The first-order valence-electron chi connectivity index (χ1n) is 8.31. The summed E-state index contributed by atoms with van der Waals surface area (Å²) < 4.78 is 13.3. The molecule has 0 atom stereocenters. The maximum Gasteiger partial charge on any atom is 0.494 e. The summed E-state index contributed by atoms with van der Waals surface area (Å²) in [5.74, 6) is 0.363. The zero-order valence-corrected chi connectivity index (χ0v) is 14.4. The van der Waals surface area contributed by atoms with Gasteiger partial charge in [-0.15, -0.1) is 0 Å². The minimum Gasteiger partial charge on any atom is -0.463 e. The molecule has 0 radical (unpaired) electrons. The summed E-state index contributed by atoms with van der Waals surface area (Å²) in [5, 5.41) is 14.6. The van der Waals surface area contributed by atoms with Crippen LogP contribution in [0.1, 0.15) is 52.1 Å². The van der Waals surface area contributed by atoms with Gasteiger partial charge in [-0.1, -0.05) is 12.1 Å². The molecule has 1 saturated heterocycles. The smallest absolute Gasteiger partial charge is 0.463 e. The Morgan fingerprint density at radius 3 is 2.42 bits per heavy atom.